The molecule has 0 fully saturated rings. The number of nitrogens with one attached hydrogen (secondary N) is 1. The lowest BCUT2D eigenvalue weighted by molar-refractivity contribution is -0.141. The zero-order valence-corrected chi connectivity index (χ0v) is 8.85. The Labute approximate surface area is 90.7 Å². The van der Waals surface area contributed by atoms with Crippen LogP contribution in [-0.4, -0.2) is 17.9 Å². The summed E-state index contributed by atoms with van der Waals surface area (Å²) in [6.45, 7) is 1.68. The molecule has 88 valence electrons. The highest BCUT2D eigenvalue weighted by atomic mass is 19.4. The minimum Gasteiger partial charge on any atom is -0.355 e. The molecule has 0 atom stereocenters. The number of pyridine rings is 1. The van der Waals surface area contributed by atoms with Crippen LogP contribution in [0.5, 0.6) is 0 Å². The molecule has 1 amide bonds. The lowest BCUT2D eigenvalue weighted by atomic mass is 10.1. The van der Waals surface area contributed by atoms with Gasteiger partial charge in [-0.3, -0.25) is 4.79 Å². The van der Waals surface area contributed by atoms with Crippen LogP contribution in [0.2, 0.25) is 0 Å². The minimum atomic E-state index is -4.53. The fourth-order valence-electron chi connectivity index (χ4n) is 1.19. The highest BCUT2D eigenvalue weighted by molar-refractivity contribution is 5.94. The number of halogens is 3. The number of hydrogen-bond acceptors (Lipinski definition) is 2. The van der Waals surface area contributed by atoms with Crippen molar-refractivity contribution in [2.45, 2.75) is 19.5 Å². The fourth-order valence-corrected chi connectivity index (χ4v) is 1.19. The van der Waals surface area contributed by atoms with Gasteiger partial charge in [0.15, 0.2) is 0 Å². The van der Waals surface area contributed by atoms with E-state index < -0.39 is 17.8 Å². The molecule has 0 spiro atoms. The van der Waals surface area contributed by atoms with Gasteiger partial charge < -0.3 is 5.32 Å². The first kappa shape index (κ1) is 12.5. The number of carbonyl (C=O) groups excluding carboxylic acids is 1. The summed E-state index contributed by atoms with van der Waals surface area (Å²) in [5.74, 6) is -0.553. The molecule has 0 radical (unpaired) electrons. The van der Waals surface area contributed by atoms with Crippen molar-refractivity contribution in [2.24, 2.45) is 0 Å². The largest absolute Gasteiger partial charge is 0.433 e. The average molecular weight is 232 g/mol. The van der Waals surface area contributed by atoms with Gasteiger partial charge in [-0.05, 0) is 18.6 Å². The van der Waals surface area contributed by atoms with Gasteiger partial charge in [-0.2, -0.15) is 13.2 Å². The summed E-state index contributed by atoms with van der Waals surface area (Å²) in [7, 11) is 1.36. The first-order valence-electron chi connectivity index (χ1n) is 4.68. The second-order valence-corrected chi connectivity index (χ2v) is 3.16. The molecule has 16 heavy (non-hydrogen) atoms. The summed E-state index contributed by atoms with van der Waals surface area (Å²) in [5.41, 5.74) is -0.819. The maximum Gasteiger partial charge on any atom is 0.433 e. The molecule has 0 aliphatic carbocycles. The number of hydrogen-bond donors (Lipinski definition) is 1. The Morgan fingerprint density at radius 3 is 2.50 bits per heavy atom. The maximum absolute atomic E-state index is 12.5. The number of alkyl halides is 3. The molecule has 0 saturated heterocycles. The normalized spacial score (nSPS) is 11.3. The van der Waals surface area contributed by atoms with Crippen molar-refractivity contribution >= 4 is 5.91 Å². The second-order valence-electron chi connectivity index (χ2n) is 3.16. The van der Waals surface area contributed by atoms with Gasteiger partial charge in [-0.25, -0.2) is 4.98 Å². The zero-order chi connectivity index (χ0) is 12.3. The van der Waals surface area contributed by atoms with Crippen molar-refractivity contribution in [2.75, 3.05) is 7.05 Å². The summed E-state index contributed by atoms with van der Waals surface area (Å²) in [6, 6.07) is 2.10. The van der Waals surface area contributed by atoms with E-state index in [0.29, 0.717) is 6.42 Å². The standard InChI is InChI=1S/C10H11F3N2O/c1-3-7-4-6(9(16)14-2)5-8(15-7)10(11,12)13/h4-5H,3H2,1-2H3,(H,14,16). The van der Waals surface area contributed by atoms with Crippen molar-refractivity contribution in [3.05, 3.63) is 29.1 Å². The van der Waals surface area contributed by atoms with Gasteiger partial charge in [0.1, 0.15) is 5.69 Å². The van der Waals surface area contributed by atoms with Crippen LogP contribution in [0.1, 0.15) is 28.7 Å². The molecule has 0 bridgehead atoms. The zero-order valence-electron chi connectivity index (χ0n) is 8.85. The van der Waals surface area contributed by atoms with Gasteiger partial charge >= 0.3 is 6.18 Å². The van der Waals surface area contributed by atoms with Crippen molar-refractivity contribution in [3.8, 4) is 0 Å². The molecular weight excluding hydrogens is 221 g/mol. The van der Waals surface area contributed by atoms with Crippen LogP contribution in [0, 0.1) is 0 Å². The first-order valence-corrected chi connectivity index (χ1v) is 4.68. The van der Waals surface area contributed by atoms with Crippen molar-refractivity contribution < 1.29 is 18.0 Å². The van der Waals surface area contributed by atoms with Gasteiger partial charge in [0.05, 0.1) is 0 Å². The van der Waals surface area contributed by atoms with E-state index in [0.717, 1.165) is 6.07 Å². The van der Waals surface area contributed by atoms with E-state index in [-0.39, 0.29) is 11.3 Å². The van der Waals surface area contributed by atoms with Gasteiger partial charge in [-0.15, -0.1) is 0 Å². The molecule has 1 aromatic rings. The van der Waals surface area contributed by atoms with E-state index in [1.165, 1.54) is 13.1 Å². The van der Waals surface area contributed by atoms with E-state index in [1.807, 2.05) is 0 Å². The summed E-state index contributed by atoms with van der Waals surface area (Å²) in [6.07, 6.45) is -4.19. The summed E-state index contributed by atoms with van der Waals surface area (Å²) >= 11 is 0. The fraction of sp³-hybridized carbons (Fsp3) is 0.400. The Morgan fingerprint density at radius 2 is 2.06 bits per heavy atom. The number of carbonyl (C=O) groups is 1. The SMILES string of the molecule is CCc1cc(C(=O)NC)cc(C(F)(F)F)n1. The van der Waals surface area contributed by atoms with Crippen molar-refractivity contribution in [1.82, 2.24) is 10.3 Å². The van der Waals surface area contributed by atoms with E-state index in [9.17, 15) is 18.0 Å². The first-order chi connectivity index (χ1) is 7.38. The Kier molecular flexibility index (Phi) is 3.51. The third-order valence-corrected chi connectivity index (χ3v) is 2.02. The van der Waals surface area contributed by atoms with E-state index in [2.05, 4.69) is 10.3 Å². The van der Waals surface area contributed by atoms with Crippen LogP contribution in [0.3, 0.4) is 0 Å². The van der Waals surface area contributed by atoms with Crippen molar-refractivity contribution in [3.63, 3.8) is 0 Å². The maximum atomic E-state index is 12.5. The van der Waals surface area contributed by atoms with E-state index >= 15 is 0 Å². The smallest absolute Gasteiger partial charge is 0.355 e. The van der Waals surface area contributed by atoms with Crippen LogP contribution in [-0.2, 0) is 12.6 Å². The van der Waals surface area contributed by atoms with Crippen LogP contribution in [0.4, 0.5) is 13.2 Å². The highest BCUT2D eigenvalue weighted by Gasteiger charge is 2.33. The predicted molar refractivity (Wildman–Crippen MR) is 52.0 cm³/mol. The Hall–Kier alpha value is -1.59. The molecular formula is C10H11F3N2O. The lowest BCUT2D eigenvalue weighted by Crippen LogP contribution is -2.20. The number of aromatic nitrogens is 1. The molecule has 0 aliphatic heterocycles. The molecule has 6 heteroatoms. The molecule has 0 aromatic carbocycles. The average Bonchev–Trinajstić information content (AvgIpc) is 2.26. The number of rotatable bonds is 2. The monoisotopic (exact) mass is 232 g/mol. The van der Waals surface area contributed by atoms with Crippen LogP contribution in [0.15, 0.2) is 12.1 Å². The molecule has 1 rings (SSSR count). The highest BCUT2D eigenvalue weighted by Crippen LogP contribution is 2.28. The van der Waals surface area contributed by atoms with Crippen LogP contribution in [0.25, 0.3) is 0 Å². The third-order valence-electron chi connectivity index (χ3n) is 2.02. The third kappa shape index (κ3) is 2.71. The molecule has 3 nitrogen and oxygen atoms in total. The molecule has 0 unspecified atom stereocenters. The van der Waals surface area contributed by atoms with Crippen LogP contribution < -0.4 is 5.32 Å². The van der Waals surface area contributed by atoms with Gasteiger partial charge in [0.2, 0.25) is 0 Å². The summed E-state index contributed by atoms with van der Waals surface area (Å²) < 4.78 is 37.4. The molecule has 1 N–H and O–H groups in total. The number of nitrogens with zero attached hydrogens (tertiary/aromatic N) is 1. The number of aryl methyl sites for hydroxylation is 1. The van der Waals surface area contributed by atoms with Gasteiger partial charge in [-0.1, -0.05) is 6.92 Å². The molecule has 0 aliphatic rings. The Morgan fingerprint density at radius 1 is 1.44 bits per heavy atom. The Balaban J connectivity index is 3.27. The minimum absolute atomic E-state index is 0.0262. The molecule has 0 saturated carbocycles. The molecule has 1 aromatic heterocycles. The predicted octanol–water partition coefficient (Wildman–Crippen LogP) is 2.02. The van der Waals surface area contributed by atoms with Crippen LogP contribution >= 0.6 is 0 Å². The topological polar surface area (TPSA) is 42.0 Å². The van der Waals surface area contributed by atoms with E-state index in [4.69, 9.17) is 0 Å². The Bertz CT molecular complexity index is 402. The number of amides is 1. The molecule has 1 heterocycles. The van der Waals surface area contributed by atoms with E-state index in [1.54, 1.807) is 6.92 Å². The van der Waals surface area contributed by atoms with Gasteiger partial charge in [0.25, 0.3) is 5.91 Å². The van der Waals surface area contributed by atoms with Gasteiger partial charge in [0, 0.05) is 18.3 Å². The summed E-state index contributed by atoms with van der Waals surface area (Å²) in [5, 5.41) is 2.28. The van der Waals surface area contributed by atoms with Crippen molar-refractivity contribution in [1.29, 1.82) is 0 Å². The summed E-state index contributed by atoms with van der Waals surface area (Å²) in [4.78, 5) is 14.7. The lowest BCUT2D eigenvalue weighted by Gasteiger charge is -2.09. The second kappa shape index (κ2) is 4.51. The quantitative estimate of drug-likeness (QED) is 0.847.